The van der Waals surface area contributed by atoms with Gasteiger partial charge in [-0.3, -0.25) is 14.4 Å². The van der Waals surface area contributed by atoms with E-state index in [0.29, 0.717) is 31.9 Å². The van der Waals surface area contributed by atoms with Crippen LogP contribution in [0.4, 0.5) is 5.69 Å². The molecule has 0 radical (unpaired) electrons. The van der Waals surface area contributed by atoms with Gasteiger partial charge in [-0.15, -0.1) is 11.6 Å². The van der Waals surface area contributed by atoms with Crippen molar-refractivity contribution in [3.05, 3.63) is 29.8 Å². The van der Waals surface area contributed by atoms with Crippen LogP contribution in [0.15, 0.2) is 24.3 Å². The van der Waals surface area contributed by atoms with Gasteiger partial charge in [-0.1, -0.05) is 38.3 Å². The fraction of sp³-hybridized carbons (Fsp3) is 0.526. The number of alkyl halides is 1. The summed E-state index contributed by atoms with van der Waals surface area (Å²) in [5, 5.41) is 2.66. The summed E-state index contributed by atoms with van der Waals surface area (Å²) in [6.45, 7) is 4.32. The predicted molar refractivity (Wildman–Crippen MR) is 102 cm³/mol. The lowest BCUT2D eigenvalue weighted by Crippen LogP contribution is -2.54. The number of hydrogen-bond donors (Lipinski definition) is 1. The molecule has 6 nitrogen and oxygen atoms in total. The van der Waals surface area contributed by atoms with E-state index in [-0.39, 0.29) is 11.8 Å². The van der Waals surface area contributed by atoms with E-state index in [2.05, 4.69) is 12.2 Å². The summed E-state index contributed by atoms with van der Waals surface area (Å²) >= 11 is 5.46. The van der Waals surface area contributed by atoms with Crippen LogP contribution in [0, 0.1) is 0 Å². The Hall–Kier alpha value is -2.08. The molecule has 1 aliphatic heterocycles. The Morgan fingerprint density at radius 2 is 1.69 bits per heavy atom. The number of anilines is 1. The Labute approximate surface area is 159 Å². The minimum atomic E-state index is -0.439. The van der Waals surface area contributed by atoms with E-state index in [9.17, 15) is 14.4 Å². The molecule has 0 spiro atoms. The summed E-state index contributed by atoms with van der Waals surface area (Å²) in [6.07, 6.45) is 4.34. The van der Waals surface area contributed by atoms with Gasteiger partial charge in [0.15, 0.2) is 0 Å². The maximum absolute atomic E-state index is 12.3. The van der Waals surface area contributed by atoms with Crippen molar-refractivity contribution in [3.63, 3.8) is 0 Å². The van der Waals surface area contributed by atoms with Crippen molar-refractivity contribution in [1.29, 1.82) is 0 Å². The Morgan fingerprint density at radius 1 is 1.04 bits per heavy atom. The van der Waals surface area contributed by atoms with E-state index < -0.39 is 11.8 Å². The molecular formula is C19H26ClN3O3. The number of amides is 3. The van der Waals surface area contributed by atoms with Gasteiger partial charge in [-0.2, -0.15) is 0 Å². The second kappa shape index (κ2) is 10.2. The molecule has 1 saturated heterocycles. The smallest absolute Gasteiger partial charge is 0.312 e. The van der Waals surface area contributed by atoms with Gasteiger partial charge in [-0.25, -0.2) is 0 Å². The average molecular weight is 380 g/mol. The highest BCUT2D eigenvalue weighted by Gasteiger charge is 2.31. The molecule has 142 valence electrons. The lowest BCUT2D eigenvalue weighted by Gasteiger charge is -2.33. The standard InChI is InChI=1S/C19H26ClN3O3/c1-2-3-4-5-10-22-11-12-23(19(26)18(22)25)14-15-6-8-16(9-7-15)21-17(24)13-20/h6-9H,2-5,10-14H2,1H3,(H,21,24). The van der Waals surface area contributed by atoms with Crippen molar-refractivity contribution in [3.8, 4) is 0 Å². The molecule has 26 heavy (non-hydrogen) atoms. The number of hydrogen-bond acceptors (Lipinski definition) is 3. The highest BCUT2D eigenvalue weighted by atomic mass is 35.5. The van der Waals surface area contributed by atoms with E-state index in [1.807, 2.05) is 12.1 Å². The van der Waals surface area contributed by atoms with E-state index in [1.54, 1.807) is 21.9 Å². The van der Waals surface area contributed by atoms with Gasteiger partial charge < -0.3 is 15.1 Å². The first-order chi connectivity index (χ1) is 12.5. The number of rotatable bonds is 9. The van der Waals surface area contributed by atoms with Crippen molar-refractivity contribution in [2.24, 2.45) is 0 Å². The van der Waals surface area contributed by atoms with Crippen molar-refractivity contribution in [2.45, 2.75) is 39.2 Å². The van der Waals surface area contributed by atoms with Crippen LogP contribution in [0.1, 0.15) is 38.2 Å². The molecule has 2 rings (SSSR count). The molecule has 1 fully saturated rings. The van der Waals surface area contributed by atoms with Crippen molar-refractivity contribution in [2.75, 3.05) is 30.8 Å². The van der Waals surface area contributed by atoms with Gasteiger partial charge >= 0.3 is 11.8 Å². The maximum atomic E-state index is 12.3. The monoisotopic (exact) mass is 379 g/mol. The van der Waals surface area contributed by atoms with Crippen LogP contribution < -0.4 is 5.32 Å². The molecule has 0 bridgehead atoms. The third kappa shape index (κ3) is 5.73. The molecule has 0 atom stereocenters. The molecule has 1 aromatic carbocycles. The van der Waals surface area contributed by atoms with Crippen molar-refractivity contribution in [1.82, 2.24) is 9.80 Å². The zero-order valence-electron chi connectivity index (χ0n) is 15.2. The summed E-state index contributed by atoms with van der Waals surface area (Å²) < 4.78 is 0. The van der Waals surface area contributed by atoms with E-state index in [1.165, 1.54) is 0 Å². The molecule has 0 saturated carbocycles. The van der Waals surface area contributed by atoms with E-state index >= 15 is 0 Å². The predicted octanol–water partition coefficient (Wildman–Crippen LogP) is 2.62. The first-order valence-electron chi connectivity index (χ1n) is 9.08. The van der Waals surface area contributed by atoms with Crippen molar-refractivity contribution < 1.29 is 14.4 Å². The van der Waals surface area contributed by atoms with Crippen LogP contribution >= 0.6 is 11.6 Å². The van der Waals surface area contributed by atoms with Crippen LogP contribution in [0.25, 0.3) is 0 Å². The summed E-state index contributed by atoms with van der Waals surface area (Å²) in [4.78, 5) is 39.1. The number of benzene rings is 1. The topological polar surface area (TPSA) is 69.7 Å². The zero-order chi connectivity index (χ0) is 18.9. The summed E-state index contributed by atoms with van der Waals surface area (Å²) in [5.41, 5.74) is 1.56. The maximum Gasteiger partial charge on any atom is 0.312 e. The number of carbonyl (C=O) groups is 3. The van der Waals surface area contributed by atoms with E-state index in [4.69, 9.17) is 11.6 Å². The fourth-order valence-corrected chi connectivity index (χ4v) is 2.98. The molecule has 1 N–H and O–H groups in total. The van der Waals surface area contributed by atoms with Gasteiger partial charge in [0.05, 0.1) is 0 Å². The number of nitrogens with zero attached hydrogens (tertiary/aromatic N) is 2. The largest absolute Gasteiger partial charge is 0.333 e. The zero-order valence-corrected chi connectivity index (χ0v) is 15.9. The Kier molecular flexibility index (Phi) is 7.91. The van der Waals surface area contributed by atoms with Crippen LogP contribution in [0.3, 0.4) is 0 Å². The lowest BCUT2D eigenvalue weighted by molar-refractivity contribution is -0.156. The molecule has 1 aromatic rings. The second-order valence-corrected chi connectivity index (χ2v) is 6.73. The van der Waals surface area contributed by atoms with Gasteiger partial charge in [0.25, 0.3) is 0 Å². The number of unbranched alkanes of at least 4 members (excludes halogenated alkanes) is 3. The minimum Gasteiger partial charge on any atom is -0.333 e. The number of carbonyl (C=O) groups excluding carboxylic acids is 3. The van der Waals surface area contributed by atoms with E-state index in [0.717, 1.165) is 31.2 Å². The van der Waals surface area contributed by atoms with Gasteiger partial charge in [0.2, 0.25) is 5.91 Å². The van der Waals surface area contributed by atoms with Crippen molar-refractivity contribution >= 4 is 35.0 Å². The summed E-state index contributed by atoms with van der Waals surface area (Å²) in [5.74, 6) is -1.21. The Bertz CT molecular complexity index is 633. The second-order valence-electron chi connectivity index (χ2n) is 6.46. The van der Waals surface area contributed by atoms with Crippen LogP contribution in [-0.2, 0) is 20.9 Å². The fourth-order valence-electron chi connectivity index (χ4n) is 2.92. The molecule has 3 amide bonds. The van der Waals surface area contributed by atoms with Crippen LogP contribution in [0.2, 0.25) is 0 Å². The number of halogens is 1. The third-order valence-corrected chi connectivity index (χ3v) is 4.65. The van der Waals surface area contributed by atoms with Gasteiger partial charge in [0, 0.05) is 31.9 Å². The van der Waals surface area contributed by atoms with Crippen LogP contribution in [0.5, 0.6) is 0 Å². The minimum absolute atomic E-state index is 0.0961. The summed E-state index contributed by atoms with van der Waals surface area (Å²) in [6, 6.07) is 7.18. The molecule has 1 heterocycles. The number of piperazine rings is 1. The molecular weight excluding hydrogens is 354 g/mol. The van der Waals surface area contributed by atoms with Crippen LogP contribution in [-0.4, -0.2) is 53.0 Å². The summed E-state index contributed by atoms with van der Waals surface area (Å²) in [7, 11) is 0. The lowest BCUT2D eigenvalue weighted by atomic mass is 10.1. The first-order valence-corrected chi connectivity index (χ1v) is 9.61. The SMILES string of the molecule is CCCCCCN1CCN(Cc2ccc(NC(=O)CCl)cc2)C(=O)C1=O. The Balaban J connectivity index is 1.86. The molecule has 1 aliphatic rings. The molecule has 0 unspecified atom stereocenters. The first kappa shape index (κ1) is 20.2. The molecule has 7 heteroatoms. The highest BCUT2D eigenvalue weighted by Crippen LogP contribution is 2.15. The molecule has 0 aliphatic carbocycles. The highest BCUT2D eigenvalue weighted by molar-refractivity contribution is 6.35. The van der Waals surface area contributed by atoms with Gasteiger partial charge in [-0.05, 0) is 24.1 Å². The Morgan fingerprint density at radius 3 is 2.35 bits per heavy atom. The quantitative estimate of drug-likeness (QED) is 0.407. The third-order valence-electron chi connectivity index (χ3n) is 4.41. The number of nitrogens with one attached hydrogen (secondary N) is 1. The average Bonchev–Trinajstić information content (AvgIpc) is 2.65. The van der Waals surface area contributed by atoms with Gasteiger partial charge in [0.1, 0.15) is 5.88 Å². The molecule has 0 aromatic heterocycles. The normalized spacial score (nSPS) is 14.7.